The first-order valence-corrected chi connectivity index (χ1v) is 10.8. The Balaban J connectivity index is 1.62. The van der Waals surface area contributed by atoms with Crippen molar-refractivity contribution in [3.05, 3.63) is 59.7 Å². The van der Waals surface area contributed by atoms with Crippen LogP contribution in [0, 0.1) is 0 Å². The molecule has 0 saturated carbocycles. The van der Waals surface area contributed by atoms with Gasteiger partial charge in [-0.25, -0.2) is 0 Å². The van der Waals surface area contributed by atoms with E-state index in [1.54, 1.807) is 13.2 Å². The summed E-state index contributed by atoms with van der Waals surface area (Å²) in [5.74, 6) is 1.07. The number of nitrogens with zero attached hydrogens (tertiary/aromatic N) is 1. The Morgan fingerprint density at radius 2 is 1.67 bits per heavy atom. The highest BCUT2D eigenvalue weighted by molar-refractivity contribution is 5.77. The third kappa shape index (κ3) is 5.76. The number of amides is 1. The van der Waals surface area contributed by atoms with E-state index in [1.807, 2.05) is 18.2 Å². The van der Waals surface area contributed by atoms with Crippen molar-refractivity contribution >= 4 is 5.91 Å². The van der Waals surface area contributed by atoms with Gasteiger partial charge < -0.3 is 14.8 Å². The second kappa shape index (κ2) is 9.98. The summed E-state index contributed by atoms with van der Waals surface area (Å²) < 4.78 is 10.9. The normalized spacial score (nSPS) is 15.6. The number of hydrogen-bond acceptors (Lipinski definition) is 4. The predicted octanol–water partition coefficient (Wildman–Crippen LogP) is 4.32. The zero-order chi connectivity index (χ0) is 21.6. The van der Waals surface area contributed by atoms with Gasteiger partial charge in [0.2, 0.25) is 0 Å². The van der Waals surface area contributed by atoms with Crippen molar-refractivity contribution in [2.45, 2.75) is 45.1 Å². The molecule has 2 aromatic carbocycles. The number of benzene rings is 2. The van der Waals surface area contributed by atoms with E-state index in [9.17, 15) is 4.79 Å². The standard InChI is InChI=1S/C25H34N2O3/c1-25(2,3)20-13-11-19(12-14-20)21(27-15-7-8-16-27)17-26-24(28)18-30-23-10-6-5-9-22(23)29-4/h5-6,9-14,21H,7-8,15-18H2,1-4H3,(H,26,28)/t21-/m0/s1. The monoisotopic (exact) mass is 410 g/mol. The fourth-order valence-electron chi connectivity index (χ4n) is 3.86. The fraction of sp³-hybridized carbons (Fsp3) is 0.480. The summed E-state index contributed by atoms with van der Waals surface area (Å²) >= 11 is 0. The Labute approximate surface area is 180 Å². The molecule has 5 nitrogen and oxygen atoms in total. The zero-order valence-electron chi connectivity index (χ0n) is 18.6. The lowest BCUT2D eigenvalue weighted by Gasteiger charge is -2.29. The first kappa shape index (κ1) is 22.2. The molecule has 0 aliphatic carbocycles. The summed E-state index contributed by atoms with van der Waals surface area (Å²) in [6.07, 6.45) is 2.42. The summed E-state index contributed by atoms with van der Waals surface area (Å²) in [6.45, 7) is 9.35. The number of hydrogen-bond donors (Lipinski definition) is 1. The molecule has 2 aromatic rings. The van der Waals surface area contributed by atoms with Gasteiger partial charge in [0.15, 0.2) is 18.1 Å². The molecular formula is C25H34N2O3. The molecule has 1 atom stereocenters. The van der Waals surface area contributed by atoms with Crippen molar-refractivity contribution in [2.24, 2.45) is 0 Å². The second-order valence-electron chi connectivity index (χ2n) is 8.87. The van der Waals surface area contributed by atoms with Gasteiger partial charge in [-0.1, -0.05) is 57.2 Å². The van der Waals surface area contributed by atoms with Crippen molar-refractivity contribution in [3.8, 4) is 11.5 Å². The Morgan fingerprint density at radius 1 is 1.03 bits per heavy atom. The average molecular weight is 411 g/mol. The van der Waals surface area contributed by atoms with Crippen LogP contribution in [0.4, 0.5) is 0 Å². The van der Waals surface area contributed by atoms with Crippen molar-refractivity contribution < 1.29 is 14.3 Å². The molecule has 1 fully saturated rings. The van der Waals surface area contributed by atoms with Crippen molar-refractivity contribution in [1.29, 1.82) is 0 Å². The van der Waals surface area contributed by atoms with Gasteiger partial charge in [-0.15, -0.1) is 0 Å². The SMILES string of the molecule is COc1ccccc1OCC(=O)NC[C@@H](c1ccc(C(C)(C)C)cc1)N1CCCC1. The highest BCUT2D eigenvalue weighted by atomic mass is 16.5. The maximum atomic E-state index is 12.5. The number of carbonyl (C=O) groups excluding carboxylic acids is 1. The third-order valence-electron chi connectivity index (χ3n) is 5.66. The number of para-hydroxylation sites is 2. The van der Waals surface area contributed by atoms with Crippen LogP contribution in [0.2, 0.25) is 0 Å². The zero-order valence-corrected chi connectivity index (χ0v) is 18.6. The number of methoxy groups -OCH3 is 1. The minimum atomic E-state index is -0.128. The second-order valence-corrected chi connectivity index (χ2v) is 8.87. The molecule has 3 rings (SSSR count). The average Bonchev–Trinajstić information content (AvgIpc) is 3.27. The molecule has 1 N–H and O–H groups in total. The largest absolute Gasteiger partial charge is 0.493 e. The molecule has 0 unspecified atom stereocenters. The number of nitrogens with one attached hydrogen (secondary N) is 1. The van der Waals surface area contributed by atoms with E-state index in [-0.39, 0.29) is 24.0 Å². The third-order valence-corrected chi connectivity index (χ3v) is 5.66. The van der Waals surface area contributed by atoms with E-state index >= 15 is 0 Å². The molecule has 162 valence electrons. The van der Waals surface area contributed by atoms with Crippen LogP contribution >= 0.6 is 0 Å². The van der Waals surface area contributed by atoms with Crippen LogP contribution in [0.5, 0.6) is 11.5 Å². The molecule has 1 heterocycles. The van der Waals surface area contributed by atoms with E-state index in [0.717, 1.165) is 13.1 Å². The lowest BCUT2D eigenvalue weighted by molar-refractivity contribution is -0.123. The molecule has 0 spiro atoms. The van der Waals surface area contributed by atoms with Crippen LogP contribution in [0.3, 0.4) is 0 Å². The number of ether oxygens (including phenoxy) is 2. The van der Waals surface area contributed by atoms with Gasteiger partial charge in [0.1, 0.15) is 0 Å². The molecule has 5 heteroatoms. The summed E-state index contributed by atoms with van der Waals surface area (Å²) in [5.41, 5.74) is 2.70. The molecule has 1 aliphatic rings. The van der Waals surface area contributed by atoms with Crippen LogP contribution < -0.4 is 14.8 Å². The van der Waals surface area contributed by atoms with Crippen LogP contribution in [0.25, 0.3) is 0 Å². The van der Waals surface area contributed by atoms with Gasteiger partial charge in [-0.05, 0) is 54.6 Å². The van der Waals surface area contributed by atoms with Gasteiger partial charge in [0.05, 0.1) is 13.2 Å². The Morgan fingerprint density at radius 3 is 2.27 bits per heavy atom. The molecule has 0 aromatic heterocycles. The summed E-state index contributed by atoms with van der Waals surface area (Å²) in [5, 5.41) is 3.06. The van der Waals surface area contributed by atoms with Crippen molar-refractivity contribution in [3.63, 3.8) is 0 Å². The van der Waals surface area contributed by atoms with Crippen LogP contribution in [-0.2, 0) is 10.2 Å². The highest BCUT2D eigenvalue weighted by Gasteiger charge is 2.24. The Kier molecular flexibility index (Phi) is 7.38. The maximum Gasteiger partial charge on any atom is 0.258 e. The summed E-state index contributed by atoms with van der Waals surface area (Å²) in [6, 6.07) is 16.4. The summed E-state index contributed by atoms with van der Waals surface area (Å²) in [4.78, 5) is 14.9. The lowest BCUT2D eigenvalue weighted by atomic mass is 9.86. The van der Waals surface area contributed by atoms with Gasteiger partial charge in [0, 0.05) is 6.54 Å². The number of rotatable bonds is 8. The van der Waals surface area contributed by atoms with Gasteiger partial charge in [0.25, 0.3) is 5.91 Å². The summed E-state index contributed by atoms with van der Waals surface area (Å²) in [7, 11) is 1.59. The Bertz CT molecular complexity index is 821. The molecule has 1 aliphatic heterocycles. The van der Waals surface area contributed by atoms with E-state index in [1.165, 1.54) is 24.0 Å². The van der Waals surface area contributed by atoms with E-state index in [4.69, 9.17) is 9.47 Å². The van der Waals surface area contributed by atoms with Crippen LogP contribution in [0.1, 0.15) is 50.8 Å². The molecule has 0 radical (unpaired) electrons. The molecular weight excluding hydrogens is 376 g/mol. The first-order valence-electron chi connectivity index (χ1n) is 10.8. The number of likely N-dealkylation sites (tertiary alicyclic amines) is 1. The minimum Gasteiger partial charge on any atom is -0.493 e. The smallest absolute Gasteiger partial charge is 0.258 e. The molecule has 1 amide bonds. The minimum absolute atomic E-state index is 0.0317. The highest BCUT2D eigenvalue weighted by Crippen LogP contribution is 2.28. The molecule has 0 bridgehead atoms. The maximum absolute atomic E-state index is 12.5. The van der Waals surface area contributed by atoms with Gasteiger partial charge in [-0.2, -0.15) is 0 Å². The van der Waals surface area contributed by atoms with E-state index in [0.29, 0.717) is 18.0 Å². The van der Waals surface area contributed by atoms with Crippen LogP contribution in [-0.4, -0.2) is 44.2 Å². The van der Waals surface area contributed by atoms with Crippen molar-refractivity contribution in [2.75, 3.05) is 33.4 Å². The van der Waals surface area contributed by atoms with Crippen molar-refractivity contribution in [1.82, 2.24) is 10.2 Å². The number of carbonyl (C=O) groups is 1. The quantitative estimate of drug-likeness (QED) is 0.704. The molecule has 30 heavy (non-hydrogen) atoms. The van der Waals surface area contributed by atoms with Gasteiger partial charge in [-0.3, -0.25) is 9.69 Å². The predicted molar refractivity (Wildman–Crippen MR) is 120 cm³/mol. The van der Waals surface area contributed by atoms with E-state index < -0.39 is 0 Å². The molecule has 1 saturated heterocycles. The Hall–Kier alpha value is -2.53. The topological polar surface area (TPSA) is 50.8 Å². The van der Waals surface area contributed by atoms with Gasteiger partial charge >= 0.3 is 0 Å². The fourth-order valence-corrected chi connectivity index (χ4v) is 3.86. The lowest BCUT2D eigenvalue weighted by Crippen LogP contribution is -2.38. The van der Waals surface area contributed by atoms with E-state index in [2.05, 4.69) is 55.3 Å². The first-order chi connectivity index (χ1) is 14.4. The van der Waals surface area contributed by atoms with Crippen LogP contribution in [0.15, 0.2) is 48.5 Å².